The van der Waals surface area contributed by atoms with Crippen molar-refractivity contribution in [2.45, 2.75) is 45.1 Å². The fraction of sp³-hybridized carbons (Fsp3) is 0.682. The van der Waals surface area contributed by atoms with Crippen LogP contribution in [-0.4, -0.2) is 62.6 Å². The molecular formula is C22H34N4O2S. The van der Waals surface area contributed by atoms with Crippen LogP contribution in [0, 0.1) is 23.2 Å². The van der Waals surface area contributed by atoms with Crippen molar-refractivity contribution in [3.63, 3.8) is 0 Å². The van der Waals surface area contributed by atoms with Gasteiger partial charge in [0.1, 0.15) is 0 Å². The summed E-state index contributed by atoms with van der Waals surface area (Å²) < 4.78 is 27.0. The standard InChI is InChI=1S/C22H34N4O2S/c1-3-4-14-29(27,28)25(2)22-19-8-9-20(22)17-26(16-19)13-5-12-24-21-10-6-18(15-23)7-11-21/h6-7,10-11,19-20,22,24H,3-5,8-9,12-14,16-17H2,1-2H3. The maximum Gasteiger partial charge on any atom is 0.214 e. The van der Waals surface area contributed by atoms with Gasteiger partial charge >= 0.3 is 0 Å². The van der Waals surface area contributed by atoms with Crippen LogP contribution in [0.25, 0.3) is 0 Å². The van der Waals surface area contributed by atoms with Crippen molar-refractivity contribution in [3.8, 4) is 6.07 Å². The van der Waals surface area contributed by atoms with Gasteiger partial charge in [0.25, 0.3) is 0 Å². The molecule has 1 aromatic carbocycles. The Morgan fingerprint density at radius 2 is 1.83 bits per heavy atom. The van der Waals surface area contributed by atoms with Gasteiger partial charge in [-0.2, -0.15) is 5.26 Å². The molecule has 3 rings (SSSR count). The summed E-state index contributed by atoms with van der Waals surface area (Å²) in [5.41, 5.74) is 1.72. The van der Waals surface area contributed by atoms with E-state index in [4.69, 9.17) is 5.26 Å². The summed E-state index contributed by atoms with van der Waals surface area (Å²) in [5.74, 6) is 1.20. The lowest BCUT2D eigenvalue weighted by Crippen LogP contribution is -2.53. The number of piperidine rings is 1. The quantitative estimate of drug-likeness (QED) is 0.591. The third-order valence-electron chi connectivity index (χ3n) is 6.47. The molecule has 1 aliphatic carbocycles. The van der Waals surface area contributed by atoms with Crippen molar-refractivity contribution in [3.05, 3.63) is 29.8 Å². The molecule has 1 saturated carbocycles. The van der Waals surface area contributed by atoms with E-state index in [0.29, 0.717) is 17.4 Å². The normalized spacial score (nSPS) is 24.6. The summed E-state index contributed by atoms with van der Waals surface area (Å²) in [6.45, 7) is 5.98. The summed E-state index contributed by atoms with van der Waals surface area (Å²) >= 11 is 0. The lowest BCUT2D eigenvalue weighted by molar-refractivity contribution is 0.0991. The molecule has 0 radical (unpaired) electrons. The average molecular weight is 419 g/mol. The number of rotatable bonds is 10. The molecule has 7 heteroatoms. The highest BCUT2D eigenvalue weighted by Gasteiger charge is 2.46. The third-order valence-corrected chi connectivity index (χ3v) is 8.39. The Balaban J connectivity index is 1.45. The van der Waals surface area contributed by atoms with E-state index in [-0.39, 0.29) is 11.8 Å². The first-order valence-electron chi connectivity index (χ1n) is 10.9. The fourth-order valence-electron chi connectivity index (χ4n) is 4.92. The zero-order valence-corrected chi connectivity index (χ0v) is 18.5. The van der Waals surface area contributed by atoms with E-state index in [1.807, 2.05) is 31.2 Å². The first-order valence-corrected chi connectivity index (χ1v) is 12.5. The minimum absolute atomic E-state index is 0.185. The zero-order valence-electron chi connectivity index (χ0n) is 17.7. The summed E-state index contributed by atoms with van der Waals surface area (Å²) in [4.78, 5) is 2.52. The van der Waals surface area contributed by atoms with Gasteiger partial charge in [-0.25, -0.2) is 12.7 Å². The van der Waals surface area contributed by atoms with Crippen LogP contribution in [0.1, 0.15) is 44.6 Å². The van der Waals surface area contributed by atoms with E-state index in [1.165, 1.54) is 0 Å². The highest BCUT2D eigenvalue weighted by atomic mass is 32.2. The highest BCUT2D eigenvalue weighted by molar-refractivity contribution is 7.89. The topological polar surface area (TPSA) is 76.4 Å². The summed E-state index contributed by atoms with van der Waals surface area (Å²) in [6.07, 6.45) is 4.99. The minimum Gasteiger partial charge on any atom is -0.385 e. The number of likely N-dealkylation sites (tertiary alicyclic amines) is 1. The second-order valence-electron chi connectivity index (χ2n) is 8.50. The Morgan fingerprint density at radius 1 is 1.17 bits per heavy atom. The molecule has 0 aromatic heterocycles. The number of hydrogen-bond acceptors (Lipinski definition) is 5. The van der Waals surface area contributed by atoms with Crippen LogP contribution >= 0.6 is 0 Å². The molecule has 2 aliphatic rings. The van der Waals surface area contributed by atoms with Gasteiger partial charge in [0, 0.05) is 38.4 Å². The van der Waals surface area contributed by atoms with E-state index < -0.39 is 10.0 Å². The van der Waals surface area contributed by atoms with Gasteiger partial charge in [-0.1, -0.05) is 13.3 Å². The number of hydrogen-bond donors (Lipinski definition) is 1. The van der Waals surface area contributed by atoms with Crippen molar-refractivity contribution in [1.29, 1.82) is 5.26 Å². The summed E-state index contributed by atoms with van der Waals surface area (Å²) in [7, 11) is -1.33. The van der Waals surface area contributed by atoms with Crippen LogP contribution in [0.2, 0.25) is 0 Å². The van der Waals surface area contributed by atoms with Crippen molar-refractivity contribution in [2.75, 3.05) is 44.3 Å². The van der Waals surface area contributed by atoms with E-state index in [0.717, 1.165) is 64.0 Å². The van der Waals surface area contributed by atoms with E-state index in [1.54, 1.807) is 11.4 Å². The molecule has 1 N–H and O–H groups in total. The first-order chi connectivity index (χ1) is 13.9. The lowest BCUT2D eigenvalue weighted by Gasteiger charge is -2.41. The average Bonchev–Trinajstić information content (AvgIpc) is 2.99. The lowest BCUT2D eigenvalue weighted by atomic mass is 9.92. The molecular weight excluding hydrogens is 384 g/mol. The molecule has 2 bridgehead atoms. The van der Waals surface area contributed by atoms with Gasteiger partial charge in [-0.3, -0.25) is 0 Å². The van der Waals surface area contributed by atoms with Gasteiger partial charge in [0.05, 0.1) is 17.4 Å². The molecule has 0 amide bonds. The number of sulfonamides is 1. The SMILES string of the molecule is CCCCS(=O)(=O)N(C)C1C2CCC1CN(CCCNc1ccc(C#N)cc1)C2. The van der Waals surface area contributed by atoms with Crippen LogP contribution < -0.4 is 5.32 Å². The Kier molecular flexibility index (Phi) is 7.55. The summed E-state index contributed by atoms with van der Waals surface area (Å²) in [5, 5.41) is 12.3. The Bertz CT molecular complexity index is 789. The van der Waals surface area contributed by atoms with E-state index in [2.05, 4.69) is 16.3 Å². The second-order valence-corrected chi connectivity index (χ2v) is 10.7. The van der Waals surface area contributed by atoms with Crippen molar-refractivity contribution >= 4 is 15.7 Å². The van der Waals surface area contributed by atoms with Crippen molar-refractivity contribution in [2.24, 2.45) is 11.8 Å². The summed E-state index contributed by atoms with van der Waals surface area (Å²) in [6, 6.07) is 9.86. The molecule has 0 spiro atoms. The maximum absolute atomic E-state index is 12.7. The minimum atomic E-state index is -3.14. The predicted molar refractivity (Wildman–Crippen MR) is 117 cm³/mol. The predicted octanol–water partition coefficient (Wildman–Crippen LogP) is 3.13. The maximum atomic E-state index is 12.7. The van der Waals surface area contributed by atoms with Gasteiger partial charge in [-0.15, -0.1) is 0 Å². The van der Waals surface area contributed by atoms with Gasteiger partial charge in [0.2, 0.25) is 10.0 Å². The molecule has 2 unspecified atom stereocenters. The van der Waals surface area contributed by atoms with Gasteiger partial charge < -0.3 is 10.2 Å². The molecule has 1 aromatic rings. The number of benzene rings is 1. The number of nitrogens with one attached hydrogen (secondary N) is 1. The molecule has 29 heavy (non-hydrogen) atoms. The van der Waals surface area contributed by atoms with E-state index in [9.17, 15) is 8.42 Å². The molecule has 1 aliphatic heterocycles. The van der Waals surface area contributed by atoms with E-state index >= 15 is 0 Å². The zero-order chi connectivity index (χ0) is 20.9. The van der Waals surface area contributed by atoms with Crippen LogP contribution in [0.3, 0.4) is 0 Å². The van der Waals surface area contributed by atoms with Crippen LogP contribution in [-0.2, 0) is 10.0 Å². The van der Waals surface area contributed by atoms with Crippen LogP contribution in [0.15, 0.2) is 24.3 Å². The molecule has 2 atom stereocenters. The Morgan fingerprint density at radius 3 is 2.41 bits per heavy atom. The van der Waals surface area contributed by atoms with Gasteiger partial charge in [-0.05, 0) is 68.3 Å². The van der Waals surface area contributed by atoms with Gasteiger partial charge in [0.15, 0.2) is 0 Å². The number of nitrogens with zero attached hydrogens (tertiary/aromatic N) is 3. The molecule has 1 saturated heterocycles. The largest absolute Gasteiger partial charge is 0.385 e. The first kappa shape index (κ1) is 22.1. The number of nitriles is 1. The Labute approximate surface area is 175 Å². The molecule has 6 nitrogen and oxygen atoms in total. The fourth-order valence-corrected chi connectivity index (χ4v) is 6.58. The van der Waals surface area contributed by atoms with Crippen molar-refractivity contribution in [1.82, 2.24) is 9.21 Å². The van der Waals surface area contributed by atoms with Crippen LogP contribution in [0.5, 0.6) is 0 Å². The van der Waals surface area contributed by atoms with Crippen molar-refractivity contribution < 1.29 is 8.42 Å². The highest BCUT2D eigenvalue weighted by Crippen LogP contribution is 2.40. The Hall–Kier alpha value is -1.62. The number of unbranched alkanes of at least 4 members (excludes halogenated alkanes) is 1. The smallest absolute Gasteiger partial charge is 0.214 e. The van der Waals surface area contributed by atoms with Crippen LogP contribution in [0.4, 0.5) is 5.69 Å². The molecule has 160 valence electrons. The monoisotopic (exact) mass is 418 g/mol. The molecule has 2 fully saturated rings. The number of fused-ring (bicyclic) bond motifs is 2. The second kappa shape index (κ2) is 9.92. The third kappa shape index (κ3) is 5.50. The number of anilines is 1. The molecule has 1 heterocycles.